The summed E-state index contributed by atoms with van der Waals surface area (Å²) in [7, 11) is 0. The summed E-state index contributed by atoms with van der Waals surface area (Å²) in [6, 6.07) is 0. The normalized spacial score (nSPS) is 33.5. The Morgan fingerprint density at radius 1 is 1.19 bits per heavy atom. The topological polar surface area (TPSA) is 102 Å². The predicted octanol–water partition coefficient (Wildman–Crippen LogP) is -1.44. The lowest BCUT2D eigenvalue weighted by Crippen LogP contribution is -2.40. The zero-order valence-electron chi connectivity index (χ0n) is 8.95. The average Bonchev–Trinajstić information content (AvgIpc) is 2.44. The first kappa shape index (κ1) is 12.9. The average molecular weight is 234 g/mol. The van der Waals surface area contributed by atoms with Crippen LogP contribution in [0.15, 0.2) is 0 Å². The fourth-order valence-corrected chi connectivity index (χ4v) is 1.51. The first-order chi connectivity index (χ1) is 7.45. The zero-order chi connectivity index (χ0) is 12.3. The molecule has 1 aliphatic heterocycles. The molecule has 0 aromatic rings. The van der Waals surface area contributed by atoms with E-state index >= 15 is 0 Å². The molecule has 2 N–H and O–H groups in total. The van der Waals surface area contributed by atoms with Gasteiger partial charge in [-0.05, 0) is 0 Å². The molecular weight excluding hydrogens is 220 g/mol. The van der Waals surface area contributed by atoms with Gasteiger partial charge in [0.1, 0.15) is 6.10 Å². The van der Waals surface area contributed by atoms with Crippen LogP contribution >= 0.6 is 0 Å². The van der Waals surface area contributed by atoms with E-state index in [1.165, 1.54) is 6.92 Å². The van der Waals surface area contributed by atoms with Crippen molar-refractivity contribution in [3.8, 4) is 0 Å². The van der Waals surface area contributed by atoms with Crippen LogP contribution in [0.3, 0.4) is 0 Å². The van der Waals surface area contributed by atoms with Crippen LogP contribution < -0.4 is 0 Å². The molecule has 4 atom stereocenters. The van der Waals surface area contributed by atoms with Crippen LogP contribution in [0.25, 0.3) is 0 Å². The lowest BCUT2D eigenvalue weighted by molar-refractivity contribution is -0.174. The van der Waals surface area contributed by atoms with Crippen molar-refractivity contribution < 1.29 is 34.0 Å². The van der Waals surface area contributed by atoms with Crippen LogP contribution in [0.1, 0.15) is 13.8 Å². The summed E-state index contributed by atoms with van der Waals surface area (Å²) in [5.41, 5.74) is 0. The summed E-state index contributed by atoms with van der Waals surface area (Å²) >= 11 is 0. The third kappa shape index (κ3) is 2.91. The van der Waals surface area contributed by atoms with Gasteiger partial charge in [-0.2, -0.15) is 0 Å². The van der Waals surface area contributed by atoms with E-state index in [4.69, 9.17) is 19.3 Å². The monoisotopic (exact) mass is 234 g/mol. The Bertz CT molecular complexity index is 277. The van der Waals surface area contributed by atoms with Gasteiger partial charge in [-0.3, -0.25) is 9.59 Å². The first-order valence-corrected chi connectivity index (χ1v) is 4.74. The number of aliphatic hydroxyl groups is 2. The largest absolute Gasteiger partial charge is 0.455 e. The van der Waals surface area contributed by atoms with Gasteiger partial charge in [0.15, 0.2) is 18.5 Å². The first-order valence-electron chi connectivity index (χ1n) is 4.74. The number of aliphatic hydroxyl groups excluding tert-OH is 2. The summed E-state index contributed by atoms with van der Waals surface area (Å²) in [4.78, 5) is 21.6. The van der Waals surface area contributed by atoms with Crippen LogP contribution in [0, 0.1) is 0 Å². The van der Waals surface area contributed by atoms with E-state index in [2.05, 4.69) is 0 Å². The highest BCUT2D eigenvalue weighted by Gasteiger charge is 2.48. The van der Waals surface area contributed by atoms with E-state index < -0.39 is 43.1 Å². The molecule has 7 nitrogen and oxygen atoms in total. The molecule has 92 valence electrons. The number of rotatable bonds is 3. The number of carbonyl (C=O) groups is 2. The Morgan fingerprint density at radius 2 is 1.69 bits per heavy atom. The summed E-state index contributed by atoms with van der Waals surface area (Å²) in [6.45, 7) is 1.88. The molecular formula is C9H14O7. The van der Waals surface area contributed by atoms with E-state index in [0.29, 0.717) is 0 Å². The molecule has 1 heterocycles. The number of hydrogen-bond donors (Lipinski definition) is 2. The van der Waals surface area contributed by atoms with Crippen molar-refractivity contribution in [3.05, 3.63) is 0 Å². The van der Waals surface area contributed by atoms with Crippen LogP contribution in [0.5, 0.6) is 0 Å². The summed E-state index contributed by atoms with van der Waals surface area (Å²) in [5.74, 6) is -1.25. The molecule has 1 fully saturated rings. The zero-order valence-corrected chi connectivity index (χ0v) is 8.95. The van der Waals surface area contributed by atoms with E-state index in [1.54, 1.807) is 0 Å². The minimum atomic E-state index is -1.41. The molecule has 1 saturated heterocycles. The molecule has 1 aliphatic rings. The van der Waals surface area contributed by atoms with Gasteiger partial charge in [0.25, 0.3) is 0 Å². The molecule has 0 amide bonds. The molecule has 0 spiro atoms. The van der Waals surface area contributed by atoms with Crippen molar-refractivity contribution in [1.82, 2.24) is 0 Å². The van der Waals surface area contributed by atoms with Crippen LogP contribution in [0.2, 0.25) is 0 Å². The Kier molecular flexibility index (Phi) is 4.22. The summed E-state index contributed by atoms with van der Waals surface area (Å²) < 4.78 is 14.5. The van der Waals surface area contributed by atoms with Crippen molar-refractivity contribution in [2.45, 2.75) is 38.4 Å². The van der Waals surface area contributed by atoms with Crippen molar-refractivity contribution >= 4 is 11.9 Å². The van der Waals surface area contributed by atoms with Gasteiger partial charge in [-0.1, -0.05) is 0 Å². The molecule has 0 aromatic carbocycles. The second-order valence-electron chi connectivity index (χ2n) is 3.40. The highest BCUT2D eigenvalue weighted by Crippen LogP contribution is 2.25. The number of hydrogen-bond acceptors (Lipinski definition) is 7. The van der Waals surface area contributed by atoms with Gasteiger partial charge in [0.2, 0.25) is 0 Å². The third-order valence-electron chi connectivity index (χ3n) is 2.07. The lowest BCUT2D eigenvalue weighted by Gasteiger charge is -2.21. The Hall–Kier alpha value is -1.18. The Morgan fingerprint density at radius 3 is 2.12 bits per heavy atom. The Labute approximate surface area is 91.9 Å². The molecule has 0 bridgehead atoms. The fourth-order valence-electron chi connectivity index (χ4n) is 1.51. The van der Waals surface area contributed by atoms with Gasteiger partial charge in [-0.25, -0.2) is 0 Å². The van der Waals surface area contributed by atoms with Crippen molar-refractivity contribution in [2.75, 3.05) is 6.61 Å². The number of ether oxygens (including phenoxy) is 3. The van der Waals surface area contributed by atoms with Crippen LogP contribution in [-0.4, -0.2) is 53.4 Å². The van der Waals surface area contributed by atoms with E-state index in [1.807, 2.05) is 0 Å². The van der Waals surface area contributed by atoms with E-state index in [-0.39, 0.29) is 0 Å². The van der Waals surface area contributed by atoms with Crippen molar-refractivity contribution in [3.63, 3.8) is 0 Å². The third-order valence-corrected chi connectivity index (χ3v) is 2.07. The second kappa shape index (κ2) is 5.24. The molecule has 7 heteroatoms. The van der Waals surface area contributed by atoms with Gasteiger partial charge >= 0.3 is 11.9 Å². The van der Waals surface area contributed by atoms with E-state index in [9.17, 15) is 14.7 Å². The maximum atomic E-state index is 10.8. The maximum absolute atomic E-state index is 10.8. The molecule has 16 heavy (non-hydrogen) atoms. The second-order valence-corrected chi connectivity index (χ2v) is 3.40. The molecule has 0 radical (unpaired) electrons. The van der Waals surface area contributed by atoms with Crippen LogP contribution in [-0.2, 0) is 23.8 Å². The summed E-state index contributed by atoms with van der Waals surface area (Å²) in [6.07, 6.45) is -4.42. The van der Waals surface area contributed by atoms with Crippen LogP contribution in [0.4, 0.5) is 0 Å². The molecule has 0 aliphatic carbocycles. The lowest BCUT2D eigenvalue weighted by atomic mass is 10.1. The smallest absolute Gasteiger partial charge is 0.303 e. The van der Waals surface area contributed by atoms with Gasteiger partial charge < -0.3 is 24.4 Å². The van der Waals surface area contributed by atoms with Gasteiger partial charge in [-0.15, -0.1) is 0 Å². The minimum Gasteiger partial charge on any atom is -0.455 e. The minimum absolute atomic E-state index is 0.452. The SMILES string of the molecule is CC(=O)O[C@@H]1[C@@H](OC(C)=O)[C@@H](CO)O[C@@H]1O. The molecule has 0 unspecified atom stereocenters. The highest BCUT2D eigenvalue weighted by atomic mass is 16.7. The van der Waals surface area contributed by atoms with Crippen molar-refractivity contribution in [1.29, 1.82) is 0 Å². The van der Waals surface area contributed by atoms with Crippen molar-refractivity contribution in [2.24, 2.45) is 0 Å². The van der Waals surface area contributed by atoms with Gasteiger partial charge in [0, 0.05) is 13.8 Å². The van der Waals surface area contributed by atoms with Gasteiger partial charge in [0.05, 0.1) is 6.61 Å². The quantitative estimate of drug-likeness (QED) is 0.576. The number of carbonyl (C=O) groups excluding carboxylic acids is 2. The molecule has 1 rings (SSSR count). The molecule has 0 saturated carbocycles. The predicted molar refractivity (Wildman–Crippen MR) is 49.1 cm³/mol. The Balaban J connectivity index is 2.76. The van der Waals surface area contributed by atoms with E-state index in [0.717, 1.165) is 6.92 Å². The standard InChI is InChI=1S/C9H14O7/c1-4(11)14-7-6(3-10)16-9(13)8(7)15-5(2)12/h6-10,13H,3H2,1-2H3/t6-,7+,8-,9+/m1/s1. The summed E-state index contributed by atoms with van der Waals surface area (Å²) in [5, 5.41) is 18.4. The maximum Gasteiger partial charge on any atom is 0.303 e. The molecule has 0 aromatic heterocycles. The fraction of sp³-hybridized carbons (Fsp3) is 0.778. The highest BCUT2D eigenvalue weighted by molar-refractivity contribution is 5.67. The number of esters is 2.